The molecule has 0 atom stereocenters. The van der Waals surface area contributed by atoms with Gasteiger partial charge in [0.15, 0.2) is 0 Å². The fourth-order valence-corrected chi connectivity index (χ4v) is 2.18. The van der Waals surface area contributed by atoms with Crippen molar-refractivity contribution in [2.75, 3.05) is 14.1 Å². The lowest BCUT2D eigenvalue weighted by Crippen LogP contribution is -2.10. The van der Waals surface area contributed by atoms with Crippen LogP contribution in [0.15, 0.2) is 48.5 Å². The molecular weight excluding hydrogens is 238 g/mol. The van der Waals surface area contributed by atoms with E-state index < -0.39 is 0 Å². The van der Waals surface area contributed by atoms with Crippen LogP contribution in [0.4, 0.5) is 0 Å². The lowest BCUT2D eigenvalue weighted by Gasteiger charge is -2.10. The van der Waals surface area contributed by atoms with Crippen LogP contribution < -0.4 is 0 Å². The molecular formula is C16H19NS. The first kappa shape index (κ1) is 13.2. The van der Waals surface area contributed by atoms with Gasteiger partial charge in [0.05, 0.1) is 0 Å². The summed E-state index contributed by atoms with van der Waals surface area (Å²) in [6.45, 7) is 0.985. The molecule has 2 heteroatoms. The fraction of sp³-hybridized carbons (Fsp3) is 0.250. The van der Waals surface area contributed by atoms with Crippen molar-refractivity contribution in [3.05, 3.63) is 59.7 Å². The first-order valence-electron chi connectivity index (χ1n) is 6.13. The Morgan fingerprint density at radius 1 is 0.778 bits per heavy atom. The second kappa shape index (κ2) is 6.07. The molecule has 1 nitrogen and oxygen atoms in total. The van der Waals surface area contributed by atoms with Gasteiger partial charge in [-0.1, -0.05) is 48.5 Å². The molecule has 94 valence electrons. The molecule has 0 radical (unpaired) electrons. The van der Waals surface area contributed by atoms with Gasteiger partial charge in [0, 0.05) is 12.3 Å². The number of nitrogens with zero attached hydrogens (tertiary/aromatic N) is 1. The van der Waals surface area contributed by atoms with Crippen molar-refractivity contribution >= 4 is 12.6 Å². The Kier molecular flexibility index (Phi) is 4.45. The van der Waals surface area contributed by atoms with Crippen molar-refractivity contribution in [3.63, 3.8) is 0 Å². The molecule has 0 aliphatic carbocycles. The third-order valence-electron chi connectivity index (χ3n) is 2.92. The predicted molar refractivity (Wildman–Crippen MR) is 82.0 cm³/mol. The molecule has 0 heterocycles. The minimum absolute atomic E-state index is 0.794. The van der Waals surface area contributed by atoms with Gasteiger partial charge in [-0.2, -0.15) is 12.6 Å². The zero-order chi connectivity index (χ0) is 13.0. The van der Waals surface area contributed by atoms with Crippen molar-refractivity contribution < 1.29 is 0 Å². The number of thiol groups is 1. The van der Waals surface area contributed by atoms with Crippen molar-refractivity contribution in [2.45, 2.75) is 12.3 Å². The summed E-state index contributed by atoms with van der Waals surface area (Å²) in [4.78, 5) is 2.18. The van der Waals surface area contributed by atoms with Gasteiger partial charge in [-0.05, 0) is 36.3 Å². The van der Waals surface area contributed by atoms with Gasteiger partial charge in [-0.3, -0.25) is 0 Å². The van der Waals surface area contributed by atoms with E-state index in [1.807, 2.05) is 0 Å². The normalized spacial score (nSPS) is 10.9. The van der Waals surface area contributed by atoms with Crippen molar-refractivity contribution in [2.24, 2.45) is 0 Å². The molecule has 2 rings (SSSR count). The molecule has 0 aliphatic rings. The predicted octanol–water partition coefficient (Wildman–Crippen LogP) is 3.85. The van der Waals surface area contributed by atoms with Gasteiger partial charge in [0.2, 0.25) is 0 Å². The fourth-order valence-electron chi connectivity index (χ4n) is 1.97. The lowest BCUT2D eigenvalue weighted by molar-refractivity contribution is 0.402. The third kappa shape index (κ3) is 3.37. The van der Waals surface area contributed by atoms with E-state index in [0.717, 1.165) is 12.3 Å². The van der Waals surface area contributed by atoms with Gasteiger partial charge in [0.1, 0.15) is 0 Å². The highest BCUT2D eigenvalue weighted by Crippen LogP contribution is 2.21. The second-order valence-corrected chi connectivity index (χ2v) is 5.11. The van der Waals surface area contributed by atoms with Crippen LogP contribution in [0.5, 0.6) is 0 Å². The lowest BCUT2D eigenvalue weighted by atomic mass is 10.0. The first-order valence-corrected chi connectivity index (χ1v) is 6.76. The van der Waals surface area contributed by atoms with E-state index in [9.17, 15) is 0 Å². The van der Waals surface area contributed by atoms with E-state index >= 15 is 0 Å². The van der Waals surface area contributed by atoms with E-state index in [2.05, 4.69) is 80.2 Å². The highest BCUT2D eigenvalue weighted by atomic mass is 32.1. The van der Waals surface area contributed by atoms with Gasteiger partial charge in [-0.25, -0.2) is 0 Å². The summed E-state index contributed by atoms with van der Waals surface area (Å²) in [6, 6.07) is 17.4. The molecule has 2 aromatic rings. The monoisotopic (exact) mass is 257 g/mol. The minimum Gasteiger partial charge on any atom is -0.305 e. The third-order valence-corrected chi connectivity index (χ3v) is 3.29. The SMILES string of the molecule is CN(C)Cc1ccc(-c2ccc(CS)cc2)cc1. The zero-order valence-corrected chi connectivity index (χ0v) is 11.8. The van der Waals surface area contributed by atoms with Crippen molar-refractivity contribution in [1.29, 1.82) is 0 Å². The van der Waals surface area contributed by atoms with Gasteiger partial charge in [0.25, 0.3) is 0 Å². The highest BCUT2D eigenvalue weighted by Gasteiger charge is 1.99. The zero-order valence-electron chi connectivity index (χ0n) is 10.9. The highest BCUT2D eigenvalue weighted by molar-refractivity contribution is 7.79. The number of rotatable bonds is 4. The Bertz CT molecular complexity index is 486. The second-order valence-electron chi connectivity index (χ2n) is 4.79. The van der Waals surface area contributed by atoms with E-state index in [-0.39, 0.29) is 0 Å². The maximum atomic E-state index is 4.27. The Hall–Kier alpha value is -1.25. The van der Waals surface area contributed by atoms with Crippen LogP contribution in [0.2, 0.25) is 0 Å². The van der Waals surface area contributed by atoms with E-state index in [4.69, 9.17) is 0 Å². The Labute approximate surface area is 115 Å². The Balaban J connectivity index is 2.17. The average molecular weight is 257 g/mol. The van der Waals surface area contributed by atoms with Crippen LogP contribution in [-0.2, 0) is 12.3 Å². The van der Waals surface area contributed by atoms with Crippen LogP contribution in [0.1, 0.15) is 11.1 Å². The summed E-state index contributed by atoms with van der Waals surface area (Å²) in [5.41, 5.74) is 5.13. The molecule has 18 heavy (non-hydrogen) atoms. The van der Waals surface area contributed by atoms with Crippen molar-refractivity contribution in [3.8, 4) is 11.1 Å². The molecule has 0 amide bonds. The summed E-state index contributed by atoms with van der Waals surface area (Å²) in [5, 5.41) is 0. The summed E-state index contributed by atoms with van der Waals surface area (Å²) in [6.07, 6.45) is 0. The maximum Gasteiger partial charge on any atom is 0.0227 e. The molecule has 0 fully saturated rings. The van der Waals surface area contributed by atoms with Gasteiger partial charge >= 0.3 is 0 Å². The van der Waals surface area contributed by atoms with Crippen LogP contribution in [-0.4, -0.2) is 19.0 Å². The number of hydrogen-bond acceptors (Lipinski definition) is 2. The number of benzene rings is 2. The molecule has 0 saturated carbocycles. The standard InChI is InChI=1S/C16H19NS/c1-17(2)11-13-3-7-15(8-4-13)16-9-5-14(12-18)6-10-16/h3-10,18H,11-12H2,1-2H3. The first-order chi connectivity index (χ1) is 8.69. The molecule has 0 spiro atoms. The summed E-state index contributed by atoms with van der Waals surface area (Å²) >= 11 is 4.27. The van der Waals surface area contributed by atoms with Gasteiger partial charge in [-0.15, -0.1) is 0 Å². The largest absolute Gasteiger partial charge is 0.305 e. The molecule has 0 unspecified atom stereocenters. The maximum absolute atomic E-state index is 4.27. The van der Waals surface area contributed by atoms with Crippen molar-refractivity contribution in [1.82, 2.24) is 4.90 Å². The molecule has 0 N–H and O–H groups in total. The van der Waals surface area contributed by atoms with Crippen LogP contribution >= 0.6 is 12.6 Å². The summed E-state index contributed by atoms with van der Waals surface area (Å²) in [7, 11) is 4.17. The molecule has 0 saturated heterocycles. The quantitative estimate of drug-likeness (QED) is 0.814. The Morgan fingerprint density at radius 2 is 1.22 bits per heavy atom. The number of hydrogen-bond donors (Lipinski definition) is 1. The van der Waals surface area contributed by atoms with E-state index in [1.165, 1.54) is 22.3 Å². The van der Waals surface area contributed by atoms with E-state index in [1.54, 1.807) is 0 Å². The van der Waals surface area contributed by atoms with Crippen LogP contribution in [0.25, 0.3) is 11.1 Å². The molecule has 0 aromatic heterocycles. The molecule has 0 bridgehead atoms. The molecule has 2 aromatic carbocycles. The minimum atomic E-state index is 0.794. The molecule has 0 aliphatic heterocycles. The summed E-state index contributed by atoms with van der Waals surface area (Å²) in [5.74, 6) is 0.794. The average Bonchev–Trinajstić information content (AvgIpc) is 2.39. The summed E-state index contributed by atoms with van der Waals surface area (Å²) < 4.78 is 0. The Morgan fingerprint density at radius 3 is 1.61 bits per heavy atom. The van der Waals surface area contributed by atoms with E-state index in [0.29, 0.717) is 0 Å². The topological polar surface area (TPSA) is 3.24 Å². The van der Waals surface area contributed by atoms with Crippen LogP contribution in [0, 0.1) is 0 Å². The van der Waals surface area contributed by atoms with Crippen LogP contribution in [0.3, 0.4) is 0 Å². The smallest absolute Gasteiger partial charge is 0.0227 e. The van der Waals surface area contributed by atoms with Gasteiger partial charge < -0.3 is 4.90 Å².